The van der Waals surface area contributed by atoms with Crippen molar-refractivity contribution in [3.05, 3.63) is 69.7 Å². The molecule has 0 radical (unpaired) electrons. The molecule has 0 saturated carbocycles. The van der Waals surface area contributed by atoms with Crippen LogP contribution in [-0.4, -0.2) is 35.8 Å². The van der Waals surface area contributed by atoms with Gasteiger partial charge in [-0.15, -0.1) is 0 Å². The molecule has 0 atom stereocenters. The van der Waals surface area contributed by atoms with E-state index in [2.05, 4.69) is 5.32 Å². The van der Waals surface area contributed by atoms with Crippen LogP contribution in [0.15, 0.2) is 48.5 Å². The predicted octanol–water partition coefficient (Wildman–Crippen LogP) is 4.35. The molecule has 0 unspecified atom stereocenters. The van der Waals surface area contributed by atoms with Gasteiger partial charge in [-0.1, -0.05) is 35.3 Å². The van der Waals surface area contributed by atoms with Gasteiger partial charge in [-0.2, -0.15) is 0 Å². The number of nitrogens with one attached hydrogen (secondary N) is 1. The van der Waals surface area contributed by atoms with Gasteiger partial charge in [0.05, 0.1) is 0 Å². The van der Waals surface area contributed by atoms with Crippen molar-refractivity contribution in [2.45, 2.75) is 31.7 Å². The molecule has 0 bridgehead atoms. The highest BCUT2D eigenvalue weighted by Crippen LogP contribution is 2.16. The number of nitrogens with zero attached hydrogens (tertiary/aromatic N) is 1. The van der Waals surface area contributed by atoms with E-state index < -0.39 is 0 Å². The normalized spacial score (nSPS) is 14.8. The van der Waals surface area contributed by atoms with E-state index in [4.69, 9.17) is 23.2 Å². The number of carbonyl (C=O) groups is 2. The van der Waals surface area contributed by atoms with Gasteiger partial charge in [0, 0.05) is 41.2 Å². The van der Waals surface area contributed by atoms with Crippen molar-refractivity contribution < 1.29 is 9.59 Å². The standard InChI is InChI=1S/C21H22Cl2N2O2/c22-17-6-1-15(2-7-17)3-10-20(26)25-13-11-19(12-14-25)24-21(27)16-4-8-18(23)9-5-16/h1-2,4-9,19H,3,10-14H2,(H,24,27). The Hall–Kier alpha value is -2.04. The Morgan fingerprint density at radius 3 is 2.07 bits per heavy atom. The first-order chi connectivity index (χ1) is 13.0. The number of amides is 2. The minimum atomic E-state index is -0.0980. The first-order valence-electron chi connectivity index (χ1n) is 9.10. The molecule has 2 amide bonds. The molecule has 0 aliphatic carbocycles. The number of benzene rings is 2. The number of aryl methyl sites for hydroxylation is 1. The summed E-state index contributed by atoms with van der Waals surface area (Å²) in [5.74, 6) is 0.0617. The molecule has 1 aliphatic rings. The van der Waals surface area contributed by atoms with Crippen LogP contribution in [0.5, 0.6) is 0 Å². The lowest BCUT2D eigenvalue weighted by atomic mass is 10.0. The molecule has 0 aromatic heterocycles. The first-order valence-corrected chi connectivity index (χ1v) is 9.85. The van der Waals surface area contributed by atoms with Crippen molar-refractivity contribution >= 4 is 35.0 Å². The number of hydrogen-bond acceptors (Lipinski definition) is 2. The van der Waals surface area contributed by atoms with Gasteiger partial charge < -0.3 is 10.2 Å². The van der Waals surface area contributed by atoms with Gasteiger partial charge in [-0.05, 0) is 61.2 Å². The SMILES string of the molecule is O=C(NC1CCN(C(=O)CCc2ccc(Cl)cc2)CC1)c1ccc(Cl)cc1. The van der Waals surface area contributed by atoms with Crippen LogP contribution in [0.3, 0.4) is 0 Å². The zero-order valence-electron chi connectivity index (χ0n) is 15.0. The summed E-state index contributed by atoms with van der Waals surface area (Å²) in [5, 5.41) is 4.35. The van der Waals surface area contributed by atoms with Crippen molar-refractivity contribution in [1.29, 1.82) is 0 Å². The Labute approximate surface area is 169 Å². The van der Waals surface area contributed by atoms with Crippen LogP contribution in [0.1, 0.15) is 35.2 Å². The molecule has 142 valence electrons. The van der Waals surface area contributed by atoms with Crippen LogP contribution in [0.25, 0.3) is 0 Å². The number of rotatable bonds is 5. The lowest BCUT2D eigenvalue weighted by Gasteiger charge is -2.32. The van der Waals surface area contributed by atoms with Crippen molar-refractivity contribution in [2.24, 2.45) is 0 Å². The van der Waals surface area contributed by atoms with Crippen molar-refractivity contribution in [1.82, 2.24) is 10.2 Å². The highest BCUT2D eigenvalue weighted by Gasteiger charge is 2.23. The molecular weight excluding hydrogens is 383 g/mol. The van der Waals surface area contributed by atoms with E-state index in [1.165, 1.54) is 0 Å². The molecule has 1 aliphatic heterocycles. The highest BCUT2D eigenvalue weighted by molar-refractivity contribution is 6.30. The summed E-state index contributed by atoms with van der Waals surface area (Å²) < 4.78 is 0. The molecule has 1 saturated heterocycles. The smallest absolute Gasteiger partial charge is 0.251 e. The fourth-order valence-corrected chi connectivity index (χ4v) is 3.46. The van der Waals surface area contributed by atoms with Crippen LogP contribution in [0.2, 0.25) is 10.0 Å². The molecule has 2 aromatic carbocycles. The van der Waals surface area contributed by atoms with Crippen LogP contribution >= 0.6 is 23.2 Å². The predicted molar refractivity (Wildman–Crippen MR) is 108 cm³/mol. The van der Waals surface area contributed by atoms with E-state index in [0.717, 1.165) is 18.4 Å². The third-order valence-corrected chi connectivity index (χ3v) is 5.33. The highest BCUT2D eigenvalue weighted by atomic mass is 35.5. The minimum absolute atomic E-state index is 0.0912. The Morgan fingerprint density at radius 1 is 0.926 bits per heavy atom. The second kappa shape index (κ2) is 9.25. The molecule has 3 rings (SSSR count). The average molecular weight is 405 g/mol. The summed E-state index contributed by atoms with van der Waals surface area (Å²) in [6.07, 6.45) is 2.74. The molecule has 4 nitrogen and oxygen atoms in total. The van der Waals surface area contributed by atoms with Crippen LogP contribution in [0, 0.1) is 0 Å². The second-order valence-electron chi connectivity index (χ2n) is 6.76. The zero-order chi connectivity index (χ0) is 19.2. The third kappa shape index (κ3) is 5.72. The van der Waals surface area contributed by atoms with E-state index in [1.54, 1.807) is 24.3 Å². The van der Waals surface area contributed by atoms with Crippen molar-refractivity contribution in [2.75, 3.05) is 13.1 Å². The van der Waals surface area contributed by atoms with Crippen molar-refractivity contribution in [3.63, 3.8) is 0 Å². The number of carbonyl (C=O) groups excluding carboxylic acids is 2. The average Bonchev–Trinajstić information content (AvgIpc) is 2.68. The topological polar surface area (TPSA) is 49.4 Å². The quantitative estimate of drug-likeness (QED) is 0.804. The summed E-state index contributed by atoms with van der Waals surface area (Å²) >= 11 is 11.7. The Balaban J connectivity index is 1.42. The third-order valence-electron chi connectivity index (χ3n) is 4.83. The van der Waals surface area contributed by atoms with E-state index >= 15 is 0 Å². The summed E-state index contributed by atoms with van der Waals surface area (Å²) in [7, 11) is 0. The summed E-state index contributed by atoms with van der Waals surface area (Å²) in [5.41, 5.74) is 1.71. The van der Waals surface area contributed by atoms with Gasteiger partial charge in [0.2, 0.25) is 5.91 Å². The fourth-order valence-electron chi connectivity index (χ4n) is 3.20. The van der Waals surface area contributed by atoms with E-state index in [1.807, 2.05) is 29.2 Å². The summed E-state index contributed by atoms with van der Waals surface area (Å²) in [6, 6.07) is 14.5. The van der Waals surface area contributed by atoms with Crippen LogP contribution < -0.4 is 5.32 Å². The summed E-state index contributed by atoms with van der Waals surface area (Å²) in [4.78, 5) is 26.6. The van der Waals surface area contributed by atoms with Gasteiger partial charge >= 0.3 is 0 Å². The summed E-state index contributed by atoms with van der Waals surface area (Å²) in [6.45, 7) is 1.34. The van der Waals surface area contributed by atoms with Gasteiger partial charge in [0.1, 0.15) is 0 Å². The minimum Gasteiger partial charge on any atom is -0.349 e. The zero-order valence-corrected chi connectivity index (χ0v) is 16.5. The van der Waals surface area contributed by atoms with Crippen molar-refractivity contribution in [3.8, 4) is 0 Å². The maximum Gasteiger partial charge on any atom is 0.251 e. The molecule has 1 N–H and O–H groups in total. The molecule has 6 heteroatoms. The van der Waals surface area contributed by atoms with Crippen LogP contribution in [0.4, 0.5) is 0 Å². The van der Waals surface area contributed by atoms with Gasteiger partial charge in [0.15, 0.2) is 0 Å². The Morgan fingerprint density at radius 2 is 1.48 bits per heavy atom. The fraction of sp³-hybridized carbons (Fsp3) is 0.333. The van der Waals surface area contributed by atoms with Gasteiger partial charge in [0.25, 0.3) is 5.91 Å². The number of halogens is 2. The molecule has 2 aromatic rings. The molecule has 1 fully saturated rings. The van der Waals surface area contributed by atoms with E-state index in [0.29, 0.717) is 41.5 Å². The lowest BCUT2D eigenvalue weighted by molar-refractivity contribution is -0.132. The molecule has 1 heterocycles. The first kappa shape index (κ1) is 19.7. The number of piperidine rings is 1. The Kier molecular flexibility index (Phi) is 6.75. The number of hydrogen-bond donors (Lipinski definition) is 1. The van der Waals surface area contributed by atoms with Crippen LogP contribution in [-0.2, 0) is 11.2 Å². The monoisotopic (exact) mass is 404 g/mol. The maximum atomic E-state index is 12.4. The van der Waals surface area contributed by atoms with E-state index in [9.17, 15) is 9.59 Å². The number of likely N-dealkylation sites (tertiary alicyclic amines) is 1. The second-order valence-corrected chi connectivity index (χ2v) is 7.63. The molecule has 27 heavy (non-hydrogen) atoms. The van der Waals surface area contributed by atoms with E-state index in [-0.39, 0.29) is 17.9 Å². The van der Waals surface area contributed by atoms with Gasteiger partial charge in [-0.25, -0.2) is 0 Å². The Bertz CT molecular complexity index is 783. The largest absolute Gasteiger partial charge is 0.349 e. The lowest BCUT2D eigenvalue weighted by Crippen LogP contribution is -2.46. The van der Waals surface area contributed by atoms with Gasteiger partial charge in [-0.3, -0.25) is 9.59 Å². The molecule has 0 spiro atoms. The molecular formula is C21H22Cl2N2O2. The maximum absolute atomic E-state index is 12.4.